The van der Waals surface area contributed by atoms with Gasteiger partial charge >= 0.3 is 0 Å². The molecule has 1 aliphatic heterocycles. The van der Waals surface area contributed by atoms with Gasteiger partial charge in [0.05, 0.1) is 11.5 Å². The lowest BCUT2D eigenvalue weighted by Gasteiger charge is -2.20. The molecule has 1 aromatic carbocycles. The highest BCUT2D eigenvalue weighted by Crippen LogP contribution is 2.34. The Morgan fingerprint density at radius 2 is 2.32 bits per heavy atom. The number of aliphatic imine (C=N–C) groups is 1. The Hall–Kier alpha value is -1.80. The van der Waals surface area contributed by atoms with E-state index in [0.29, 0.717) is 41.3 Å². The normalized spacial score (nSPS) is 14.6. The molecule has 0 aliphatic carbocycles. The molecule has 0 spiro atoms. The molecule has 0 saturated carbocycles. The van der Waals surface area contributed by atoms with Gasteiger partial charge in [-0.2, -0.15) is 0 Å². The monoisotopic (exact) mass is 325 g/mol. The molecule has 8 heteroatoms. The number of benzene rings is 1. The molecule has 0 aromatic heterocycles. The average Bonchev–Trinajstić information content (AvgIpc) is 2.50. The summed E-state index contributed by atoms with van der Waals surface area (Å²) in [5.41, 5.74) is 7.31. The van der Waals surface area contributed by atoms with E-state index in [0.717, 1.165) is 5.56 Å². The second kappa shape index (κ2) is 7.46. The number of nitro groups is 1. The molecule has 1 aliphatic rings. The number of ether oxygens (including phenoxy) is 2. The largest absolute Gasteiger partial charge is 0.467 e. The molecule has 0 fully saturated rings. The van der Waals surface area contributed by atoms with E-state index in [1.165, 1.54) is 23.9 Å². The van der Waals surface area contributed by atoms with Crippen molar-refractivity contribution in [2.24, 2.45) is 16.6 Å². The molecule has 0 unspecified atom stereocenters. The first kappa shape index (κ1) is 16.6. The number of nitro benzene ring substituents is 1. The van der Waals surface area contributed by atoms with E-state index < -0.39 is 4.92 Å². The van der Waals surface area contributed by atoms with Gasteiger partial charge in [0.15, 0.2) is 12.0 Å². The fourth-order valence-electron chi connectivity index (χ4n) is 1.96. The second-order valence-corrected chi connectivity index (χ2v) is 6.32. The summed E-state index contributed by atoms with van der Waals surface area (Å²) in [7, 11) is 0. The maximum Gasteiger partial charge on any atom is 0.270 e. The van der Waals surface area contributed by atoms with Crippen LogP contribution in [0.4, 0.5) is 5.69 Å². The van der Waals surface area contributed by atoms with E-state index in [2.05, 4.69) is 18.8 Å². The van der Waals surface area contributed by atoms with Crippen molar-refractivity contribution >= 4 is 22.6 Å². The Kier molecular flexibility index (Phi) is 5.62. The topological polar surface area (TPSA) is 100.0 Å². The van der Waals surface area contributed by atoms with Crippen molar-refractivity contribution in [3.8, 4) is 5.75 Å². The van der Waals surface area contributed by atoms with Gasteiger partial charge in [0.25, 0.3) is 5.69 Å². The molecule has 0 radical (unpaired) electrons. The zero-order valence-electron chi connectivity index (χ0n) is 12.6. The number of rotatable bonds is 5. The van der Waals surface area contributed by atoms with Crippen molar-refractivity contribution in [3.63, 3.8) is 0 Å². The predicted octanol–water partition coefficient (Wildman–Crippen LogP) is 2.67. The highest BCUT2D eigenvalue weighted by molar-refractivity contribution is 8.13. The van der Waals surface area contributed by atoms with E-state index in [-0.39, 0.29) is 12.5 Å². The molecule has 0 saturated heterocycles. The van der Waals surface area contributed by atoms with Crippen LogP contribution in [-0.4, -0.2) is 23.4 Å². The molecule has 2 rings (SSSR count). The van der Waals surface area contributed by atoms with Crippen LogP contribution >= 0.6 is 11.8 Å². The standard InChI is InChI=1S/C14H19N3O4S/c1-9(2)5-16-14(15)22-7-11-4-12(17(18)19)3-10-6-20-8-21-13(10)11/h3-4,9H,5-8H2,1-2H3,(H2,15,16). The molecular formula is C14H19N3O4S. The van der Waals surface area contributed by atoms with Gasteiger partial charge in [-0.25, -0.2) is 0 Å². The van der Waals surface area contributed by atoms with Gasteiger partial charge in [-0.05, 0) is 5.92 Å². The van der Waals surface area contributed by atoms with E-state index in [1.54, 1.807) is 0 Å². The van der Waals surface area contributed by atoms with Gasteiger partial charge in [0.1, 0.15) is 5.75 Å². The van der Waals surface area contributed by atoms with Crippen molar-refractivity contribution in [1.82, 2.24) is 0 Å². The second-order valence-electron chi connectivity index (χ2n) is 5.32. The van der Waals surface area contributed by atoms with E-state index in [1.807, 2.05) is 0 Å². The molecule has 1 aromatic rings. The van der Waals surface area contributed by atoms with E-state index in [4.69, 9.17) is 15.2 Å². The number of non-ortho nitro benzene ring substituents is 1. The zero-order chi connectivity index (χ0) is 16.1. The van der Waals surface area contributed by atoms with Crippen LogP contribution in [0.5, 0.6) is 5.75 Å². The number of hydrogen-bond donors (Lipinski definition) is 1. The summed E-state index contributed by atoms with van der Waals surface area (Å²) < 4.78 is 10.7. The van der Waals surface area contributed by atoms with Crippen molar-refractivity contribution in [2.75, 3.05) is 13.3 Å². The SMILES string of the molecule is CC(C)CN=C(N)SCc1cc([N+](=O)[O-])cc2c1OCOC2. The van der Waals surface area contributed by atoms with Crippen LogP contribution in [-0.2, 0) is 17.1 Å². The lowest BCUT2D eigenvalue weighted by molar-refractivity contribution is -0.385. The van der Waals surface area contributed by atoms with Gasteiger partial charge in [-0.3, -0.25) is 15.1 Å². The molecule has 1 heterocycles. The number of amidine groups is 1. The smallest absolute Gasteiger partial charge is 0.270 e. The first-order valence-corrected chi connectivity index (χ1v) is 7.89. The molecule has 0 amide bonds. The van der Waals surface area contributed by atoms with Crippen molar-refractivity contribution in [1.29, 1.82) is 0 Å². The number of fused-ring (bicyclic) bond motifs is 1. The van der Waals surface area contributed by atoms with Crippen LogP contribution in [0.3, 0.4) is 0 Å². The fourth-order valence-corrected chi connectivity index (χ4v) is 2.65. The van der Waals surface area contributed by atoms with Gasteiger partial charge in [0, 0.05) is 35.6 Å². The third-order valence-electron chi connectivity index (χ3n) is 2.97. The van der Waals surface area contributed by atoms with Crippen LogP contribution < -0.4 is 10.5 Å². The molecule has 120 valence electrons. The number of nitrogens with two attached hydrogens (primary N) is 1. The lowest BCUT2D eigenvalue weighted by atomic mass is 10.1. The third-order valence-corrected chi connectivity index (χ3v) is 3.85. The van der Waals surface area contributed by atoms with E-state index in [9.17, 15) is 10.1 Å². The maximum atomic E-state index is 11.0. The molecule has 2 N–H and O–H groups in total. The Bertz CT molecular complexity index is 590. The first-order chi connectivity index (χ1) is 10.5. The quantitative estimate of drug-likeness (QED) is 0.386. The van der Waals surface area contributed by atoms with Crippen LogP contribution in [0, 0.1) is 16.0 Å². The third kappa shape index (κ3) is 4.35. The first-order valence-electron chi connectivity index (χ1n) is 6.90. The summed E-state index contributed by atoms with van der Waals surface area (Å²) in [5.74, 6) is 1.56. The summed E-state index contributed by atoms with van der Waals surface area (Å²) in [4.78, 5) is 14.9. The molecule has 22 heavy (non-hydrogen) atoms. The Balaban J connectivity index is 2.17. The lowest BCUT2D eigenvalue weighted by Crippen LogP contribution is -2.14. The zero-order valence-corrected chi connectivity index (χ0v) is 13.4. The van der Waals surface area contributed by atoms with Crippen molar-refractivity contribution < 1.29 is 14.4 Å². The average molecular weight is 325 g/mol. The van der Waals surface area contributed by atoms with Gasteiger partial charge in [0.2, 0.25) is 0 Å². The van der Waals surface area contributed by atoms with Crippen LogP contribution in [0.15, 0.2) is 17.1 Å². The summed E-state index contributed by atoms with van der Waals surface area (Å²) in [6.45, 7) is 5.25. The minimum atomic E-state index is -0.417. The van der Waals surface area contributed by atoms with Crippen molar-refractivity contribution in [3.05, 3.63) is 33.4 Å². The fraction of sp³-hybridized carbons (Fsp3) is 0.500. The molecular weight excluding hydrogens is 306 g/mol. The van der Waals surface area contributed by atoms with Crippen LogP contribution in [0.1, 0.15) is 25.0 Å². The van der Waals surface area contributed by atoms with Crippen LogP contribution in [0.25, 0.3) is 0 Å². The van der Waals surface area contributed by atoms with Crippen LogP contribution in [0.2, 0.25) is 0 Å². The van der Waals surface area contributed by atoms with Gasteiger partial charge in [-0.15, -0.1) is 0 Å². The Labute approximate surface area is 133 Å². The number of hydrogen-bond acceptors (Lipinski definition) is 6. The van der Waals surface area contributed by atoms with E-state index >= 15 is 0 Å². The Morgan fingerprint density at radius 3 is 3.00 bits per heavy atom. The minimum Gasteiger partial charge on any atom is -0.467 e. The van der Waals surface area contributed by atoms with Crippen molar-refractivity contribution in [2.45, 2.75) is 26.2 Å². The Morgan fingerprint density at radius 1 is 1.55 bits per heavy atom. The number of thioether (sulfide) groups is 1. The summed E-state index contributed by atoms with van der Waals surface area (Å²) in [6.07, 6.45) is 0. The molecule has 7 nitrogen and oxygen atoms in total. The predicted molar refractivity (Wildman–Crippen MR) is 86.0 cm³/mol. The molecule has 0 atom stereocenters. The highest BCUT2D eigenvalue weighted by Gasteiger charge is 2.21. The minimum absolute atomic E-state index is 0.0288. The highest BCUT2D eigenvalue weighted by atomic mass is 32.2. The maximum absolute atomic E-state index is 11.0. The summed E-state index contributed by atoms with van der Waals surface area (Å²) in [6, 6.07) is 3.01. The van der Waals surface area contributed by atoms with Gasteiger partial charge < -0.3 is 15.2 Å². The number of nitrogens with zero attached hydrogens (tertiary/aromatic N) is 2. The molecule has 0 bridgehead atoms. The summed E-state index contributed by atoms with van der Waals surface area (Å²) >= 11 is 1.35. The summed E-state index contributed by atoms with van der Waals surface area (Å²) in [5, 5.41) is 11.5. The van der Waals surface area contributed by atoms with Gasteiger partial charge in [-0.1, -0.05) is 25.6 Å².